The Balaban J connectivity index is 1.94. The molecule has 1 N–H and O–H groups in total. The van der Waals surface area contributed by atoms with Crippen LogP contribution in [0.2, 0.25) is 0 Å². The number of carbonyl (C=O) groups excluding carboxylic acids is 3. The van der Waals surface area contributed by atoms with Crippen molar-refractivity contribution in [3.05, 3.63) is 28.2 Å². The average molecular weight is 452 g/mol. The number of halogens is 1. The third-order valence-corrected chi connectivity index (χ3v) is 5.41. The van der Waals surface area contributed by atoms with Crippen molar-refractivity contribution in [3.63, 3.8) is 0 Å². The van der Waals surface area contributed by atoms with Crippen molar-refractivity contribution in [2.45, 2.75) is 40.5 Å². The highest BCUT2D eigenvalue weighted by molar-refractivity contribution is 9.10. The van der Waals surface area contributed by atoms with Crippen LogP contribution >= 0.6 is 15.9 Å². The van der Waals surface area contributed by atoms with Crippen molar-refractivity contribution in [1.29, 1.82) is 0 Å². The van der Waals surface area contributed by atoms with Crippen molar-refractivity contribution >= 4 is 39.3 Å². The summed E-state index contributed by atoms with van der Waals surface area (Å²) in [6.45, 7) is 8.68. The number of nitrogens with one attached hydrogen (secondary N) is 1. The second-order valence-electron chi connectivity index (χ2n) is 8.54. The summed E-state index contributed by atoms with van der Waals surface area (Å²) in [6, 6.07) is 5.61. The van der Waals surface area contributed by atoms with Gasteiger partial charge in [0.2, 0.25) is 17.7 Å². The molecule has 0 bridgehead atoms. The minimum Gasteiger partial charge on any atom is -0.341 e. The smallest absolute Gasteiger partial charge is 0.243 e. The molecule has 154 valence electrons. The molecule has 0 aliphatic carbocycles. The van der Waals surface area contributed by atoms with Gasteiger partial charge in [-0.1, -0.05) is 36.7 Å². The summed E-state index contributed by atoms with van der Waals surface area (Å²) in [6.07, 6.45) is 1.54. The van der Waals surface area contributed by atoms with Crippen molar-refractivity contribution in [1.82, 2.24) is 9.80 Å². The van der Waals surface area contributed by atoms with Crippen molar-refractivity contribution in [2.24, 2.45) is 11.3 Å². The molecule has 7 heteroatoms. The van der Waals surface area contributed by atoms with Gasteiger partial charge in [-0.2, -0.15) is 0 Å². The van der Waals surface area contributed by atoms with Crippen LogP contribution in [0.4, 0.5) is 5.69 Å². The molecular weight excluding hydrogens is 422 g/mol. The molecule has 3 amide bonds. The first-order chi connectivity index (χ1) is 13.0. The van der Waals surface area contributed by atoms with Crippen LogP contribution in [0, 0.1) is 18.3 Å². The van der Waals surface area contributed by atoms with Gasteiger partial charge >= 0.3 is 0 Å². The number of benzene rings is 1. The molecule has 1 aliphatic heterocycles. The van der Waals surface area contributed by atoms with Gasteiger partial charge in [-0.3, -0.25) is 14.4 Å². The van der Waals surface area contributed by atoms with E-state index in [1.54, 1.807) is 11.9 Å². The molecule has 6 nitrogen and oxygen atoms in total. The minimum absolute atomic E-state index is 0.0158. The van der Waals surface area contributed by atoms with E-state index >= 15 is 0 Å². The lowest BCUT2D eigenvalue weighted by Crippen LogP contribution is -2.49. The zero-order chi connectivity index (χ0) is 21.1. The monoisotopic (exact) mass is 451 g/mol. The summed E-state index contributed by atoms with van der Waals surface area (Å²) in [4.78, 5) is 41.0. The molecule has 1 unspecified atom stereocenters. The standard InChI is InChI=1S/C21H30BrN3O3/c1-14-11-16(22)8-9-17(14)23-18(26)13-24(5)19(27)15-7-6-10-25(12-15)20(28)21(2,3)4/h8-9,11,15H,6-7,10,12-13H2,1-5H3,(H,23,26). The first-order valence-electron chi connectivity index (χ1n) is 9.59. The quantitative estimate of drug-likeness (QED) is 0.761. The zero-order valence-corrected chi connectivity index (χ0v) is 18.9. The van der Waals surface area contributed by atoms with Crippen molar-refractivity contribution in [3.8, 4) is 0 Å². The highest BCUT2D eigenvalue weighted by Crippen LogP contribution is 2.24. The van der Waals surface area contributed by atoms with Crippen LogP contribution in [-0.2, 0) is 14.4 Å². The molecule has 0 saturated carbocycles. The predicted molar refractivity (Wildman–Crippen MR) is 114 cm³/mol. The normalized spacial score (nSPS) is 17.2. The van der Waals surface area contributed by atoms with Crippen LogP contribution in [0.5, 0.6) is 0 Å². The first-order valence-corrected chi connectivity index (χ1v) is 10.4. The van der Waals surface area contributed by atoms with Crippen LogP contribution in [0.25, 0.3) is 0 Å². The molecule has 0 radical (unpaired) electrons. The molecule has 1 heterocycles. The van der Waals surface area contributed by atoms with Crippen LogP contribution in [0.1, 0.15) is 39.2 Å². The van der Waals surface area contributed by atoms with Gasteiger partial charge in [0.15, 0.2) is 0 Å². The number of hydrogen-bond acceptors (Lipinski definition) is 3. The fourth-order valence-electron chi connectivity index (χ4n) is 3.40. The van der Waals surface area contributed by atoms with E-state index in [0.29, 0.717) is 13.1 Å². The first kappa shape index (κ1) is 22.4. The number of nitrogens with zero attached hydrogens (tertiary/aromatic N) is 2. The highest BCUT2D eigenvalue weighted by atomic mass is 79.9. The van der Waals surface area contributed by atoms with E-state index in [1.807, 2.05) is 45.9 Å². The second kappa shape index (κ2) is 9.07. The Morgan fingerprint density at radius 2 is 1.96 bits per heavy atom. The van der Waals surface area contributed by atoms with Crippen molar-refractivity contribution in [2.75, 3.05) is 32.0 Å². The lowest BCUT2D eigenvalue weighted by Gasteiger charge is -2.37. The SMILES string of the molecule is Cc1cc(Br)ccc1NC(=O)CN(C)C(=O)C1CCCN(C(=O)C(C)(C)C)C1. The van der Waals surface area contributed by atoms with Crippen LogP contribution in [0.3, 0.4) is 0 Å². The zero-order valence-electron chi connectivity index (χ0n) is 17.3. The maximum atomic E-state index is 12.8. The third kappa shape index (κ3) is 5.80. The molecule has 1 aromatic carbocycles. The maximum absolute atomic E-state index is 12.8. The number of carbonyl (C=O) groups is 3. The Kier molecular flexibility index (Phi) is 7.26. The Bertz CT molecular complexity index is 758. The van der Waals surface area contributed by atoms with Crippen LogP contribution in [0.15, 0.2) is 22.7 Å². The summed E-state index contributed by atoms with van der Waals surface area (Å²) in [7, 11) is 1.64. The molecule has 1 saturated heterocycles. The van der Waals surface area contributed by atoms with E-state index in [-0.39, 0.29) is 30.2 Å². The molecule has 1 atom stereocenters. The Morgan fingerprint density at radius 1 is 1.29 bits per heavy atom. The van der Waals surface area contributed by atoms with Gasteiger partial charge in [0.05, 0.1) is 12.5 Å². The second-order valence-corrected chi connectivity index (χ2v) is 9.46. The number of aryl methyl sites for hydroxylation is 1. The Labute approximate surface area is 175 Å². The van der Waals surface area contributed by atoms with E-state index in [1.165, 1.54) is 4.90 Å². The van der Waals surface area contributed by atoms with E-state index in [9.17, 15) is 14.4 Å². The lowest BCUT2D eigenvalue weighted by molar-refractivity contribution is -0.145. The molecule has 0 spiro atoms. The number of hydrogen-bond donors (Lipinski definition) is 1. The largest absolute Gasteiger partial charge is 0.341 e. The minimum atomic E-state index is -0.459. The van der Waals surface area contributed by atoms with Crippen LogP contribution < -0.4 is 5.32 Å². The predicted octanol–water partition coefficient (Wildman–Crippen LogP) is 3.44. The van der Waals surface area contributed by atoms with Gasteiger partial charge in [-0.15, -0.1) is 0 Å². The lowest BCUT2D eigenvalue weighted by atomic mass is 9.90. The molecular formula is C21H30BrN3O3. The average Bonchev–Trinajstić information content (AvgIpc) is 2.62. The summed E-state index contributed by atoms with van der Waals surface area (Å²) < 4.78 is 0.946. The summed E-state index contributed by atoms with van der Waals surface area (Å²) >= 11 is 3.40. The summed E-state index contributed by atoms with van der Waals surface area (Å²) in [5.41, 5.74) is 1.22. The number of rotatable bonds is 4. The number of piperidine rings is 1. The van der Waals surface area contributed by atoms with Gasteiger partial charge < -0.3 is 15.1 Å². The topological polar surface area (TPSA) is 69.7 Å². The van der Waals surface area contributed by atoms with Gasteiger partial charge in [0, 0.05) is 35.7 Å². The molecule has 0 aromatic heterocycles. The van der Waals surface area contributed by atoms with E-state index < -0.39 is 5.41 Å². The maximum Gasteiger partial charge on any atom is 0.243 e. The van der Waals surface area contributed by atoms with E-state index in [2.05, 4.69) is 21.2 Å². The number of likely N-dealkylation sites (N-methyl/N-ethyl adjacent to an activating group) is 1. The number of amides is 3. The molecule has 2 rings (SSSR count). The fourth-order valence-corrected chi connectivity index (χ4v) is 3.88. The molecule has 1 fully saturated rings. The Morgan fingerprint density at radius 3 is 2.57 bits per heavy atom. The number of anilines is 1. The van der Waals surface area contributed by atoms with E-state index in [0.717, 1.165) is 28.6 Å². The van der Waals surface area contributed by atoms with E-state index in [4.69, 9.17) is 0 Å². The number of likely N-dealkylation sites (tertiary alicyclic amines) is 1. The van der Waals surface area contributed by atoms with Gasteiger partial charge in [0.25, 0.3) is 0 Å². The molecule has 1 aromatic rings. The van der Waals surface area contributed by atoms with Gasteiger partial charge in [-0.05, 0) is 43.5 Å². The van der Waals surface area contributed by atoms with Gasteiger partial charge in [0.1, 0.15) is 0 Å². The summed E-state index contributed by atoms with van der Waals surface area (Å²) in [5.74, 6) is -0.517. The fraction of sp³-hybridized carbons (Fsp3) is 0.571. The third-order valence-electron chi connectivity index (χ3n) is 4.92. The molecule has 28 heavy (non-hydrogen) atoms. The van der Waals surface area contributed by atoms with Crippen molar-refractivity contribution < 1.29 is 14.4 Å². The van der Waals surface area contributed by atoms with Crippen LogP contribution in [-0.4, -0.2) is 54.2 Å². The Hall–Kier alpha value is -1.89. The highest BCUT2D eigenvalue weighted by Gasteiger charge is 2.34. The molecule has 1 aliphatic rings. The summed E-state index contributed by atoms with van der Waals surface area (Å²) in [5, 5.41) is 2.85. The van der Waals surface area contributed by atoms with Gasteiger partial charge in [-0.25, -0.2) is 0 Å².